The number of rotatable bonds is 6. The number of carbonyl (C=O) groups is 1. The summed E-state index contributed by atoms with van der Waals surface area (Å²) in [5.41, 5.74) is 1.37. The minimum absolute atomic E-state index is 0.0431. The highest BCUT2D eigenvalue weighted by Crippen LogP contribution is 2.17. The molecule has 5 nitrogen and oxygen atoms in total. The zero-order valence-electron chi connectivity index (χ0n) is 13.0. The first-order chi connectivity index (χ1) is 11.0. The van der Waals surface area contributed by atoms with Crippen LogP contribution in [0.3, 0.4) is 0 Å². The average Bonchev–Trinajstić information content (AvgIpc) is 3.02. The van der Waals surface area contributed by atoms with Crippen LogP contribution in [0.2, 0.25) is 0 Å². The summed E-state index contributed by atoms with van der Waals surface area (Å²) in [5, 5.41) is 18.3. The number of aliphatic hydroxyl groups excluding tert-OH is 1. The third kappa shape index (κ3) is 5.01. The van der Waals surface area contributed by atoms with E-state index in [0.717, 1.165) is 17.1 Å². The maximum Gasteiger partial charge on any atom is 0.315 e. The lowest BCUT2D eigenvalue weighted by Gasteiger charge is -2.15. The minimum Gasteiger partial charge on any atom is -0.387 e. The van der Waals surface area contributed by atoms with Crippen LogP contribution in [0.5, 0.6) is 0 Å². The number of carbonyl (C=O) groups excluding carboxylic acids is 1. The van der Waals surface area contributed by atoms with E-state index in [2.05, 4.69) is 15.6 Å². The highest BCUT2D eigenvalue weighted by molar-refractivity contribution is 7.09. The molecule has 23 heavy (non-hydrogen) atoms. The van der Waals surface area contributed by atoms with E-state index in [1.165, 1.54) is 24.3 Å². The van der Waals surface area contributed by atoms with Crippen LogP contribution in [0, 0.1) is 5.82 Å². The van der Waals surface area contributed by atoms with Crippen LogP contribution in [0.4, 0.5) is 9.18 Å². The summed E-state index contributed by atoms with van der Waals surface area (Å²) in [5.74, 6) is -0.366. The van der Waals surface area contributed by atoms with E-state index >= 15 is 0 Å². The summed E-state index contributed by atoms with van der Waals surface area (Å²) >= 11 is 1.57. The molecular formula is C16H20FN3O2S. The Labute approximate surface area is 138 Å². The van der Waals surface area contributed by atoms with Crippen molar-refractivity contribution in [1.82, 2.24) is 15.6 Å². The number of aromatic nitrogens is 1. The Bertz CT molecular complexity index is 645. The number of halogens is 1. The third-order valence-corrected chi connectivity index (χ3v) is 4.39. The molecule has 1 aromatic carbocycles. The molecule has 3 N–H and O–H groups in total. The number of hydrogen-bond acceptors (Lipinski definition) is 4. The van der Waals surface area contributed by atoms with Crippen LogP contribution in [0.15, 0.2) is 29.6 Å². The average molecular weight is 337 g/mol. The molecular weight excluding hydrogens is 317 g/mol. The van der Waals surface area contributed by atoms with Gasteiger partial charge in [0.2, 0.25) is 0 Å². The van der Waals surface area contributed by atoms with Gasteiger partial charge in [-0.05, 0) is 31.0 Å². The van der Waals surface area contributed by atoms with Crippen molar-refractivity contribution in [2.75, 3.05) is 6.54 Å². The molecule has 0 bridgehead atoms. The van der Waals surface area contributed by atoms with Crippen molar-refractivity contribution in [3.05, 3.63) is 51.7 Å². The number of amides is 2. The maximum absolute atomic E-state index is 12.8. The molecule has 2 atom stereocenters. The van der Waals surface area contributed by atoms with Crippen LogP contribution in [-0.2, 0) is 6.42 Å². The lowest BCUT2D eigenvalue weighted by Crippen LogP contribution is -2.39. The molecule has 1 heterocycles. The summed E-state index contributed by atoms with van der Waals surface area (Å²) < 4.78 is 12.8. The van der Waals surface area contributed by atoms with Crippen molar-refractivity contribution in [3.63, 3.8) is 0 Å². The standard InChI is InChI=1S/C16H20FN3O2S/c1-3-15-20-13(9-23-15)10(2)19-16(22)18-8-14(21)11-4-6-12(17)7-5-11/h4-7,9-10,14,21H,3,8H2,1-2H3,(H2,18,19,22). The summed E-state index contributed by atoms with van der Waals surface area (Å²) in [6.45, 7) is 3.93. The minimum atomic E-state index is -0.886. The molecule has 1 aromatic heterocycles. The molecule has 0 radical (unpaired) electrons. The number of thiazole rings is 1. The van der Waals surface area contributed by atoms with Gasteiger partial charge in [0.15, 0.2) is 0 Å². The molecule has 0 saturated carbocycles. The summed E-state index contributed by atoms with van der Waals surface area (Å²) in [6, 6.07) is 4.93. The lowest BCUT2D eigenvalue weighted by atomic mass is 10.1. The van der Waals surface area contributed by atoms with E-state index in [4.69, 9.17) is 0 Å². The Kier molecular flexibility index (Phi) is 6.06. The number of nitrogens with zero attached hydrogens (tertiary/aromatic N) is 1. The summed E-state index contributed by atoms with van der Waals surface area (Å²) in [6.07, 6.45) is -0.0180. The van der Waals surface area contributed by atoms with Crippen molar-refractivity contribution in [3.8, 4) is 0 Å². The van der Waals surface area contributed by atoms with Crippen molar-refractivity contribution in [2.24, 2.45) is 0 Å². The lowest BCUT2D eigenvalue weighted by molar-refractivity contribution is 0.172. The predicted molar refractivity (Wildman–Crippen MR) is 87.8 cm³/mol. The van der Waals surface area contributed by atoms with Gasteiger partial charge in [0.05, 0.1) is 22.8 Å². The van der Waals surface area contributed by atoms with Crippen LogP contribution in [0.1, 0.15) is 42.3 Å². The van der Waals surface area contributed by atoms with Gasteiger partial charge in [-0.3, -0.25) is 0 Å². The normalized spacial score (nSPS) is 13.4. The van der Waals surface area contributed by atoms with E-state index < -0.39 is 6.10 Å². The van der Waals surface area contributed by atoms with Gasteiger partial charge in [-0.1, -0.05) is 19.1 Å². The van der Waals surface area contributed by atoms with Gasteiger partial charge in [-0.25, -0.2) is 14.2 Å². The molecule has 0 aliphatic rings. The molecule has 0 fully saturated rings. The predicted octanol–water partition coefficient (Wildman–Crippen LogP) is 2.94. The van der Waals surface area contributed by atoms with Crippen LogP contribution < -0.4 is 10.6 Å². The number of nitrogens with one attached hydrogen (secondary N) is 2. The largest absolute Gasteiger partial charge is 0.387 e. The van der Waals surface area contributed by atoms with E-state index in [1.54, 1.807) is 11.3 Å². The first kappa shape index (κ1) is 17.4. The fourth-order valence-electron chi connectivity index (χ4n) is 2.00. The number of urea groups is 1. The van der Waals surface area contributed by atoms with Gasteiger partial charge in [0.25, 0.3) is 0 Å². The third-order valence-electron chi connectivity index (χ3n) is 3.37. The molecule has 124 valence electrons. The summed E-state index contributed by atoms with van der Waals surface area (Å²) in [4.78, 5) is 16.3. The number of benzene rings is 1. The summed E-state index contributed by atoms with van der Waals surface area (Å²) in [7, 11) is 0. The van der Waals surface area contributed by atoms with Crippen molar-refractivity contribution < 1.29 is 14.3 Å². The van der Waals surface area contributed by atoms with Crippen molar-refractivity contribution in [1.29, 1.82) is 0 Å². The molecule has 0 spiro atoms. The Hall–Kier alpha value is -1.99. The smallest absolute Gasteiger partial charge is 0.315 e. The van der Waals surface area contributed by atoms with Crippen molar-refractivity contribution in [2.45, 2.75) is 32.4 Å². The van der Waals surface area contributed by atoms with E-state index in [9.17, 15) is 14.3 Å². The zero-order chi connectivity index (χ0) is 16.8. The number of hydrogen-bond donors (Lipinski definition) is 3. The van der Waals surface area contributed by atoms with Crippen LogP contribution in [-0.4, -0.2) is 22.7 Å². The van der Waals surface area contributed by atoms with Crippen LogP contribution >= 0.6 is 11.3 Å². The topological polar surface area (TPSA) is 74.2 Å². The molecule has 0 aliphatic heterocycles. The first-order valence-electron chi connectivity index (χ1n) is 7.41. The quantitative estimate of drug-likeness (QED) is 0.759. The second-order valence-electron chi connectivity index (χ2n) is 5.16. The Morgan fingerprint density at radius 2 is 2.09 bits per heavy atom. The van der Waals surface area contributed by atoms with Gasteiger partial charge in [-0.15, -0.1) is 11.3 Å². The van der Waals surface area contributed by atoms with E-state index in [1.807, 2.05) is 19.2 Å². The first-order valence-corrected chi connectivity index (χ1v) is 8.29. The highest BCUT2D eigenvalue weighted by atomic mass is 32.1. The van der Waals surface area contributed by atoms with Gasteiger partial charge < -0.3 is 15.7 Å². The fraction of sp³-hybridized carbons (Fsp3) is 0.375. The van der Waals surface area contributed by atoms with E-state index in [-0.39, 0.29) is 24.4 Å². The number of aryl methyl sites for hydroxylation is 1. The van der Waals surface area contributed by atoms with Gasteiger partial charge in [0.1, 0.15) is 5.82 Å². The SMILES string of the molecule is CCc1nc(C(C)NC(=O)NCC(O)c2ccc(F)cc2)cs1. The maximum atomic E-state index is 12.8. The van der Waals surface area contributed by atoms with Gasteiger partial charge in [-0.2, -0.15) is 0 Å². The fourth-order valence-corrected chi connectivity index (χ4v) is 2.84. The second kappa shape index (κ2) is 8.03. The molecule has 0 saturated heterocycles. The molecule has 0 aliphatic carbocycles. The molecule has 2 rings (SSSR count). The highest BCUT2D eigenvalue weighted by Gasteiger charge is 2.14. The van der Waals surface area contributed by atoms with Gasteiger partial charge in [0, 0.05) is 11.9 Å². The monoisotopic (exact) mass is 337 g/mol. The molecule has 7 heteroatoms. The molecule has 2 aromatic rings. The van der Waals surface area contributed by atoms with Gasteiger partial charge >= 0.3 is 6.03 Å². The second-order valence-corrected chi connectivity index (χ2v) is 6.11. The Morgan fingerprint density at radius 3 is 2.70 bits per heavy atom. The molecule has 2 amide bonds. The molecule has 2 unspecified atom stereocenters. The van der Waals surface area contributed by atoms with Crippen LogP contribution in [0.25, 0.3) is 0 Å². The van der Waals surface area contributed by atoms with E-state index in [0.29, 0.717) is 5.56 Å². The van der Waals surface area contributed by atoms with Crippen molar-refractivity contribution >= 4 is 17.4 Å². The Balaban J connectivity index is 1.81. The Morgan fingerprint density at radius 1 is 1.39 bits per heavy atom. The number of aliphatic hydroxyl groups is 1. The zero-order valence-corrected chi connectivity index (χ0v) is 13.9.